The van der Waals surface area contributed by atoms with Gasteiger partial charge in [-0.05, 0) is 43.7 Å². The van der Waals surface area contributed by atoms with E-state index < -0.39 is 9.84 Å². The molecule has 0 radical (unpaired) electrons. The van der Waals surface area contributed by atoms with E-state index in [0.717, 1.165) is 28.6 Å². The minimum Gasteiger partial charge on any atom is -0.358 e. The van der Waals surface area contributed by atoms with Crippen LogP contribution in [-0.4, -0.2) is 26.2 Å². The molecule has 0 atom stereocenters. The van der Waals surface area contributed by atoms with E-state index in [9.17, 15) is 8.42 Å². The predicted octanol–water partition coefficient (Wildman–Crippen LogP) is 1.38. The van der Waals surface area contributed by atoms with Crippen molar-refractivity contribution < 1.29 is 8.42 Å². The number of nitrogens with two attached hydrogens (primary N) is 1. The zero-order valence-corrected chi connectivity index (χ0v) is 10.8. The first-order valence-corrected chi connectivity index (χ1v) is 7.34. The molecule has 0 fully saturated rings. The number of hydrogen-bond donors (Lipinski definition) is 2. The Kier molecular flexibility index (Phi) is 2.97. The second-order valence-electron chi connectivity index (χ2n) is 4.25. The molecule has 4 nitrogen and oxygen atoms in total. The third-order valence-electron chi connectivity index (χ3n) is 2.91. The molecule has 0 saturated carbocycles. The van der Waals surface area contributed by atoms with Crippen LogP contribution in [0.15, 0.2) is 23.1 Å². The summed E-state index contributed by atoms with van der Waals surface area (Å²) in [6, 6.07) is 5.15. The zero-order valence-electron chi connectivity index (χ0n) is 9.95. The molecule has 5 heteroatoms. The summed E-state index contributed by atoms with van der Waals surface area (Å²) >= 11 is 0. The van der Waals surface area contributed by atoms with Crippen LogP contribution >= 0.6 is 0 Å². The first-order valence-electron chi connectivity index (χ1n) is 5.45. The summed E-state index contributed by atoms with van der Waals surface area (Å²) in [7, 11) is -3.16. The Morgan fingerprint density at radius 1 is 1.35 bits per heavy atom. The molecule has 0 aliphatic carbocycles. The predicted molar refractivity (Wildman–Crippen MR) is 68.9 cm³/mol. The van der Waals surface area contributed by atoms with Gasteiger partial charge in [-0.1, -0.05) is 0 Å². The van der Waals surface area contributed by atoms with Crippen molar-refractivity contribution in [3.05, 3.63) is 29.5 Å². The van der Waals surface area contributed by atoms with E-state index in [-0.39, 0.29) is 0 Å². The summed E-state index contributed by atoms with van der Waals surface area (Å²) in [6.45, 7) is 2.53. The minimum atomic E-state index is -3.16. The Morgan fingerprint density at radius 3 is 2.65 bits per heavy atom. The number of sulfone groups is 1. The number of fused-ring (bicyclic) bond motifs is 1. The molecule has 0 bridgehead atoms. The maximum Gasteiger partial charge on any atom is 0.175 e. The summed E-state index contributed by atoms with van der Waals surface area (Å²) in [4.78, 5) is 3.59. The molecule has 0 unspecified atom stereocenters. The molecule has 0 aliphatic heterocycles. The number of nitrogens with one attached hydrogen (secondary N) is 1. The summed E-state index contributed by atoms with van der Waals surface area (Å²) in [5.74, 6) is 0. The summed E-state index contributed by atoms with van der Waals surface area (Å²) < 4.78 is 23.0. The maximum atomic E-state index is 11.5. The highest BCUT2D eigenvalue weighted by atomic mass is 32.2. The molecular weight excluding hydrogens is 236 g/mol. The summed E-state index contributed by atoms with van der Waals surface area (Å²) in [5, 5.41) is 0.955. The van der Waals surface area contributed by atoms with Crippen molar-refractivity contribution in [2.75, 3.05) is 12.8 Å². The lowest BCUT2D eigenvalue weighted by molar-refractivity contribution is 0.602. The van der Waals surface area contributed by atoms with Crippen LogP contribution in [-0.2, 0) is 16.3 Å². The SMILES string of the molecule is Cc1[nH]c2ccc(S(C)(=O)=O)cc2c1CCN. The number of benzene rings is 1. The third kappa shape index (κ3) is 2.21. The molecule has 0 aliphatic rings. The number of aromatic amines is 1. The molecule has 1 heterocycles. The van der Waals surface area contributed by atoms with Gasteiger partial charge in [0.2, 0.25) is 0 Å². The first-order chi connectivity index (χ1) is 7.93. The van der Waals surface area contributed by atoms with Crippen LogP contribution in [0.3, 0.4) is 0 Å². The van der Waals surface area contributed by atoms with E-state index >= 15 is 0 Å². The van der Waals surface area contributed by atoms with Crippen LogP contribution in [0.5, 0.6) is 0 Å². The molecule has 0 amide bonds. The highest BCUT2D eigenvalue weighted by molar-refractivity contribution is 7.90. The van der Waals surface area contributed by atoms with Crippen molar-refractivity contribution in [3.8, 4) is 0 Å². The lowest BCUT2D eigenvalue weighted by Crippen LogP contribution is -2.03. The van der Waals surface area contributed by atoms with Crippen molar-refractivity contribution in [1.82, 2.24) is 4.98 Å². The van der Waals surface area contributed by atoms with Gasteiger partial charge in [0.25, 0.3) is 0 Å². The van der Waals surface area contributed by atoms with E-state index in [2.05, 4.69) is 4.98 Å². The molecular formula is C12H16N2O2S. The Bertz CT molecular complexity index is 656. The molecule has 2 rings (SSSR count). The lowest BCUT2D eigenvalue weighted by atomic mass is 10.1. The molecule has 0 saturated heterocycles. The van der Waals surface area contributed by atoms with Gasteiger partial charge in [0.1, 0.15) is 0 Å². The minimum absolute atomic E-state index is 0.349. The van der Waals surface area contributed by atoms with Gasteiger partial charge in [0.05, 0.1) is 4.90 Å². The average Bonchev–Trinajstić information content (AvgIpc) is 2.54. The van der Waals surface area contributed by atoms with Crippen LogP contribution < -0.4 is 5.73 Å². The highest BCUT2D eigenvalue weighted by Gasteiger charge is 2.12. The number of aryl methyl sites for hydroxylation is 1. The Balaban J connectivity index is 2.70. The van der Waals surface area contributed by atoms with Crippen LogP contribution in [0.1, 0.15) is 11.3 Å². The number of rotatable bonds is 3. The molecule has 92 valence electrons. The standard InChI is InChI=1S/C12H16N2O2S/c1-8-10(5-6-13)11-7-9(17(2,15)16)3-4-12(11)14-8/h3-4,7,14H,5-6,13H2,1-2H3. The molecule has 2 aromatic rings. The average molecular weight is 252 g/mol. The van der Waals surface area contributed by atoms with Crippen LogP contribution in [0.4, 0.5) is 0 Å². The van der Waals surface area contributed by atoms with Gasteiger partial charge in [0, 0.05) is 22.9 Å². The van der Waals surface area contributed by atoms with Crippen LogP contribution in [0.2, 0.25) is 0 Å². The lowest BCUT2D eigenvalue weighted by Gasteiger charge is -2.01. The smallest absolute Gasteiger partial charge is 0.175 e. The van der Waals surface area contributed by atoms with Gasteiger partial charge in [-0.2, -0.15) is 0 Å². The maximum absolute atomic E-state index is 11.5. The monoisotopic (exact) mass is 252 g/mol. The molecule has 0 spiro atoms. The molecule has 3 N–H and O–H groups in total. The van der Waals surface area contributed by atoms with Gasteiger partial charge >= 0.3 is 0 Å². The fourth-order valence-corrected chi connectivity index (χ4v) is 2.71. The molecule has 1 aromatic carbocycles. The van der Waals surface area contributed by atoms with Gasteiger partial charge in [-0.3, -0.25) is 0 Å². The largest absolute Gasteiger partial charge is 0.358 e. The third-order valence-corrected chi connectivity index (χ3v) is 4.02. The number of H-pyrrole nitrogens is 1. The van der Waals surface area contributed by atoms with Crippen molar-refractivity contribution in [1.29, 1.82) is 0 Å². The summed E-state index contributed by atoms with van der Waals surface area (Å²) in [6.07, 6.45) is 1.97. The van der Waals surface area contributed by atoms with Crippen molar-refractivity contribution >= 4 is 20.7 Å². The van der Waals surface area contributed by atoms with E-state index in [1.54, 1.807) is 18.2 Å². The van der Waals surface area contributed by atoms with E-state index in [1.807, 2.05) is 6.92 Å². The Labute approximate surface area is 101 Å². The Morgan fingerprint density at radius 2 is 2.06 bits per heavy atom. The zero-order chi connectivity index (χ0) is 12.6. The van der Waals surface area contributed by atoms with E-state index in [4.69, 9.17) is 5.73 Å². The fraction of sp³-hybridized carbons (Fsp3) is 0.333. The molecule has 1 aromatic heterocycles. The van der Waals surface area contributed by atoms with Crippen molar-refractivity contribution in [2.24, 2.45) is 5.73 Å². The number of hydrogen-bond acceptors (Lipinski definition) is 3. The van der Waals surface area contributed by atoms with Crippen LogP contribution in [0, 0.1) is 6.92 Å². The first kappa shape index (κ1) is 12.1. The topological polar surface area (TPSA) is 76.0 Å². The van der Waals surface area contributed by atoms with E-state index in [0.29, 0.717) is 11.4 Å². The van der Waals surface area contributed by atoms with E-state index in [1.165, 1.54) is 6.26 Å². The number of aromatic nitrogens is 1. The normalized spacial score (nSPS) is 12.2. The second-order valence-corrected chi connectivity index (χ2v) is 6.26. The van der Waals surface area contributed by atoms with Gasteiger partial charge < -0.3 is 10.7 Å². The Hall–Kier alpha value is -1.33. The van der Waals surface area contributed by atoms with Crippen molar-refractivity contribution in [3.63, 3.8) is 0 Å². The summed E-state index contributed by atoms with van der Waals surface area (Å²) in [5.41, 5.74) is 8.68. The quantitative estimate of drug-likeness (QED) is 0.866. The molecule has 17 heavy (non-hydrogen) atoms. The van der Waals surface area contributed by atoms with Gasteiger partial charge in [-0.25, -0.2) is 8.42 Å². The highest BCUT2D eigenvalue weighted by Crippen LogP contribution is 2.25. The van der Waals surface area contributed by atoms with Gasteiger partial charge in [-0.15, -0.1) is 0 Å². The fourth-order valence-electron chi connectivity index (χ4n) is 2.06. The van der Waals surface area contributed by atoms with Gasteiger partial charge in [0.15, 0.2) is 9.84 Å². The second kappa shape index (κ2) is 4.16. The van der Waals surface area contributed by atoms with Crippen LogP contribution in [0.25, 0.3) is 10.9 Å². The van der Waals surface area contributed by atoms with Crippen molar-refractivity contribution in [2.45, 2.75) is 18.2 Å².